The summed E-state index contributed by atoms with van der Waals surface area (Å²) in [4.78, 5) is 45.7. The summed E-state index contributed by atoms with van der Waals surface area (Å²) < 4.78 is 4.77. The molecule has 29 heavy (non-hydrogen) atoms. The first-order chi connectivity index (χ1) is 14.0. The SMILES string of the molecule is COC(=O)C1CCN(C(=O)Cc2c(C)nc(SCc3ccccc3)[nH]c2=O)CC1. The van der Waals surface area contributed by atoms with Crippen LogP contribution >= 0.6 is 11.8 Å². The number of nitrogens with one attached hydrogen (secondary N) is 1. The van der Waals surface area contributed by atoms with Crippen LogP contribution in [0.5, 0.6) is 0 Å². The van der Waals surface area contributed by atoms with E-state index in [4.69, 9.17) is 4.74 Å². The number of aryl methyl sites for hydroxylation is 1. The van der Waals surface area contributed by atoms with E-state index in [1.54, 1.807) is 11.8 Å². The number of rotatable bonds is 6. The Bertz CT molecular complexity index is 921. The maximum atomic E-state index is 12.6. The summed E-state index contributed by atoms with van der Waals surface area (Å²) >= 11 is 1.46. The molecule has 1 aromatic heterocycles. The molecule has 8 heteroatoms. The average molecular weight is 416 g/mol. The van der Waals surface area contributed by atoms with Crippen LogP contribution in [0.1, 0.15) is 29.7 Å². The van der Waals surface area contributed by atoms with Crippen molar-refractivity contribution in [2.24, 2.45) is 5.92 Å². The van der Waals surface area contributed by atoms with Gasteiger partial charge in [0.1, 0.15) is 0 Å². The summed E-state index contributed by atoms with van der Waals surface area (Å²) in [5.41, 5.74) is 1.84. The van der Waals surface area contributed by atoms with Crippen LogP contribution in [0.25, 0.3) is 0 Å². The van der Waals surface area contributed by atoms with Gasteiger partial charge in [-0.25, -0.2) is 4.98 Å². The molecular weight excluding hydrogens is 390 g/mol. The summed E-state index contributed by atoms with van der Waals surface area (Å²) in [6.45, 7) is 2.75. The first kappa shape index (κ1) is 21.1. The minimum atomic E-state index is -0.272. The minimum absolute atomic E-state index is 0.0146. The predicted octanol–water partition coefficient (Wildman–Crippen LogP) is 2.32. The Labute approximate surface area is 173 Å². The van der Waals surface area contributed by atoms with Gasteiger partial charge in [0.2, 0.25) is 5.91 Å². The zero-order chi connectivity index (χ0) is 20.8. The lowest BCUT2D eigenvalue weighted by Gasteiger charge is -2.30. The molecule has 1 aliphatic rings. The van der Waals surface area contributed by atoms with E-state index in [9.17, 15) is 14.4 Å². The lowest BCUT2D eigenvalue weighted by atomic mass is 9.96. The number of amides is 1. The lowest BCUT2D eigenvalue weighted by Crippen LogP contribution is -2.42. The van der Waals surface area contributed by atoms with E-state index >= 15 is 0 Å². The molecule has 0 spiro atoms. The van der Waals surface area contributed by atoms with Gasteiger partial charge in [-0.15, -0.1) is 0 Å². The van der Waals surface area contributed by atoms with Gasteiger partial charge in [0.25, 0.3) is 5.56 Å². The van der Waals surface area contributed by atoms with Crippen LogP contribution in [0.3, 0.4) is 0 Å². The highest BCUT2D eigenvalue weighted by Gasteiger charge is 2.28. The molecule has 2 heterocycles. The van der Waals surface area contributed by atoms with Crippen LogP contribution in [-0.2, 0) is 26.5 Å². The number of piperidine rings is 1. The van der Waals surface area contributed by atoms with Gasteiger partial charge in [0.15, 0.2) is 5.16 Å². The first-order valence-corrected chi connectivity index (χ1v) is 10.6. The number of carbonyl (C=O) groups excluding carboxylic acids is 2. The van der Waals surface area contributed by atoms with E-state index in [0.717, 1.165) is 5.56 Å². The van der Waals surface area contributed by atoms with Crippen molar-refractivity contribution in [3.8, 4) is 0 Å². The fourth-order valence-electron chi connectivity index (χ4n) is 3.38. The quantitative estimate of drug-likeness (QED) is 0.442. The molecule has 0 saturated carbocycles. The van der Waals surface area contributed by atoms with Gasteiger partial charge < -0.3 is 14.6 Å². The minimum Gasteiger partial charge on any atom is -0.469 e. The molecule has 1 fully saturated rings. The van der Waals surface area contributed by atoms with Crippen LogP contribution in [0.4, 0.5) is 0 Å². The highest BCUT2D eigenvalue weighted by atomic mass is 32.2. The van der Waals surface area contributed by atoms with Crippen LogP contribution in [0.15, 0.2) is 40.3 Å². The van der Waals surface area contributed by atoms with Crippen molar-refractivity contribution in [3.05, 3.63) is 57.5 Å². The fraction of sp³-hybridized carbons (Fsp3) is 0.429. The third-order valence-corrected chi connectivity index (χ3v) is 6.07. The number of likely N-dealkylation sites (tertiary alicyclic amines) is 1. The fourth-order valence-corrected chi connectivity index (χ4v) is 4.24. The van der Waals surface area contributed by atoms with E-state index in [1.807, 2.05) is 30.3 Å². The standard InChI is InChI=1S/C21H25N3O4S/c1-14-17(12-18(25)24-10-8-16(9-11-24)20(27)28-2)19(26)23-21(22-14)29-13-15-6-4-3-5-7-15/h3-7,16H,8-13H2,1-2H3,(H,22,23,26). The summed E-state index contributed by atoms with van der Waals surface area (Å²) in [7, 11) is 1.38. The maximum Gasteiger partial charge on any atom is 0.308 e. The van der Waals surface area contributed by atoms with Crippen LogP contribution < -0.4 is 5.56 Å². The zero-order valence-corrected chi connectivity index (χ0v) is 17.5. The van der Waals surface area contributed by atoms with Gasteiger partial charge in [-0.3, -0.25) is 14.4 Å². The molecular formula is C21H25N3O4S. The molecule has 0 bridgehead atoms. The van der Waals surface area contributed by atoms with E-state index in [1.165, 1.54) is 18.9 Å². The Hall–Kier alpha value is -2.61. The van der Waals surface area contributed by atoms with Gasteiger partial charge in [0.05, 0.1) is 19.4 Å². The number of hydrogen-bond donors (Lipinski definition) is 1. The normalized spacial score (nSPS) is 14.6. The van der Waals surface area contributed by atoms with Crippen molar-refractivity contribution in [2.75, 3.05) is 20.2 Å². The molecule has 0 aliphatic carbocycles. The maximum absolute atomic E-state index is 12.6. The highest BCUT2D eigenvalue weighted by Crippen LogP contribution is 2.21. The predicted molar refractivity (Wildman–Crippen MR) is 111 cm³/mol. The number of nitrogens with zero attached hydrogens (tertiary/aromatic N) is 2. The first-order valence-electron chi connectivity index (χ1n) is 9.60. The van der Waals surface area contributed by atoms with Crippen molar-refractivity contribution in [1.29, 1.82) is 0 Å². The van der Waals surface area contributed by atoms with E-state index in [-0.39, 0.29) is 29.8 Å². The third kappa shape index (κ3) is 5.47. The van der Waals surface area contributed by atoms with Gasteiger partial charge in [0, 0.05) is 30.1 Å². The molecule has 1 aromatic carbocycles. The second-order valence-corrected chi connectivity index (χ2v) is 8.03. The molecule has 1 aliphatic heterocycles. The summed E-state index contributed by atoms with van der Waals surface area (Å²) in [6.07, 6.45) is 1.18. The van der Waals surface area contributed by atoms with Crippen LogP contribution in [0.2, 0.25) is 0 Å². The van der Waals surface area contributed by atoms with E-state index in [2.05, 4.69) is 9.97 Å². The Kier molecular flexibility index (Phi) is 7.09. The number of esters is 1. The Balaban J connectivity index is 1.60. The summed E-state index contributed by atoms with van der Waals surface area (Å²) in [5, 5.41) is 0.548. The third-order valence-electron chi connectivity index (χ3n) is 5.13. The number of aromatic amines is 1. The van der Waals surface area contributed by atoms with Crippen molar-refractivity contribution in [3.63, 3.8) is 0 Å². The Morgan fingerprint density at radius 3 is 2.55 bits per heavy atom. The monoisotopic (exact) mass is 415 g/mol. The molecule has 0 atom stereocenters. The number of hydrogen-bond acceptors (Lipinski definition) is 6. The molecule has 1 N–H and O–H groups in total. The number of methoxy groups -OCH3 is 1. The molecule has 154 valence electrons. The lowest BCUT2D eigenvalue weighted by molar-refractivity contribution is -0.148. The number of H-pyrrole nitrogens is 1. The van der Waals surface area contributed by atoms with Gasteiger partial charge in [-0.05, 0) is 25.3 Å². The van der Waals surface area contributed by atoms with E-state index in [0.29, 0.717) is 48.1 Å². The Morgan fingerprint density at radius 2 is 1.93 bits per heavy atom. The second kappa shape index (κ2) is 9.73. The highest BCUT2D eigenvalue weighted by molar-refractivity contribution is 7.98. The number of ether oxygens (including phenoxy) is 1. The van der Waals surface area contributed by atoms with Gasteiger partial charge in [-0.2, -0.15) is 0 Å². The summed E-state index contributed by atoms with van der Waals surface area (Å²) in [5.74, 6) is 0.207. The van der Waals surface area contributed by atoms with E-state index < -0.39 is 0 Å². The van der Waals surface area contributed by atoms with Crippen molar-refractivity contribution < 1.29 is 14.3 Å². The van der Waals surface area contributed by atoms with Crippen molar-refractivity contribution in [2.45, 2.75) is 37.1 Å². The topological polar surface area (TPSA) is 92.4 Å². The summed E-state index contributed by atoms with van der Waals surface area (Å²) in [6, 6.07) is 9.95. The van der Waals surface area contributed by atoms with Crippen molar-refractivity contribution >= 4 is 23.6 Å². The number of benzene rings is 1. The molecule has 2 aromatic rings. The molecule has 3 rings (SSSR count). The second-order valence-electron chi connectivity index (χ2n) is 7.06. The van der Waals surface area contributed by atoms with Crippen LogP contribution in [-0.4, -0.2) is 46.9 Å². The van der Waals surface area contributed by atoms with Gasteiger partial charge in [-0.1, -0.05) is 42.1 Å². The number of aromatic nitrogens is 2. The van der Waals surface area contributed by atoms with Gasteiger partial charge >= 0.3 is 5.97 Å². The number of carbonyl (C=O) groups is 2. The smallest absolute Gasteiger partial charge is 0.308 e. The zero-order valence-electron chi connectivity index (χ0n) is 16.6. The largest absolute Gasteiger partial charge is 0.469 e. The molecule has 0 radical (unpaired) electrons. The van der Waals surface area contributed by atoms with Crippen molar-refractivity contribution in [1.82, 2.24) is 14.9 Å². The molecule has 0 unspecified atom stereocenters. The Morgan fingerprint density at radius 1 is 1.24 bits per heavy atom. The van der Waals surface area contributed by atoms with Crippen LogP contribution in [0, 0.1) is 12.8 Å². The molecule has 1 saturated heterocycles. The number of thioether (sulfide) groups is 1. The molecule has 7 nitrogen and oxygen atoms in total. The average Bonchev–Trinajstić information content (AvgIpc) is 2.75. The molecule has 1 amide bonds.